The standard InChI is InChI=1S/C20H19ClF2N4O2/c1-2-28-18-8-5-13(9-15(18)21)16-10-17(27-20(26-16)24-11-25-27)12-3-6-14(7-4-12)29-19(22)23/h3-9,11,16-17,19H,2,10H2,1H3,(H,24,25,26)/t16-,17+/m1/s1. The monoisotopic (exact) mass is 420 g/mol. The van der Waals surface area contributed by atoms with E-state index < -0.39 is 6.61 Å². The Morgan fingerprint density at radius 2 is 1.97 bits per heavy atom. The van der Waals surface area contributed by atoms with Crippen molar-refractivity contribution in [2.24, 2.45) is 0 Å². The second-order valence-corrected chi connectivity index (χ2v) is 6.95. The third-order valence-corrected chi connectivity index (χ3v) is 5.07. The molecule has 2 aromatic carbocycles. The van der Waals surface area contributed by atoms with E-state index in [-0.39, 0.29) is 17.8 Å². The van der Waals surface area contributed by atoms with Crippen LogP contribution in [0.2, 0.25) is 5.02 Å². The first-order chi connectivity index (χ1) is 14.0. The summed E-state index contributed by atoms with van der Waals surface area (Å²) in [6.07, 6.45) is 2.16. The van der Waals surface area contributed by atoms with Gasteiger partial charge in [-0.25, -0.2) is 4.68 Å². The molecule has 0 saturated heterocycles. The van der Waals surface area contributed by atoms with E-state index >= 15 is 0 Å². The minimum Gasteiger partial charge on any atom is -0.492 e. The zero-order chi connectivity index (χ0) is 20.4. The smallest absolute Gasteiger partial charge is 0.387 e. The topological polar surface area (TPSA) is 61.2 Å². The molecule has 0 radical (unpaired) electrons. The number of rotatable bonds is 6. The lowest BCUT2D eigenvalue weighted by atomic mass is 9.93. The largest absolute Gasteiger partial charge is 0.492 e. The zero-order valence-corrected chi connectivity index (χ0v) is 16.3. The van der Waals surface area contributed by atoms with E-state index in [2.05, 4.69) is 20.1 Å². The molecule has 0 unspecified atom stereocenters. The van der Waals surface area contributed by atoms with Crippen LogP contribution in [0.1, 0.15) is 36.6 Å². The summed E-state index contributed by atoms with van der Waals surface area (Å²) < 4.78 is 36.5. The average molecular weight is 421 g/mol. The number of ether oxygens (including phenoxy) is 2. The third kappa shape index (κ3) is 4.12. The molecule has 29 heavy (non-hydrogen) atoms. The Kier molecular flexibility index (Phi) is 5.53. The number of nitrogens with zero attached hydrogens (tertiary/aromatic N) is 3. The van der Waals surface area contributed by atoms with Gasteiger partial charge in [0.1, 0.15) is 17.8 Å². The Morgan fingerprint density at radius 3 is 2.66 bits per heavy atom. The van der Waals surface area contributed by atoms with Crippen molar-refractivity contribution in [1.29, 1.82) is 0 Å². The third-order valence-electron chi connectivity index (χ3n) is 4.78. The van der Waals surface area contributed by atoms with Crippen molar-refractivity contribution < 1.29 is 18.3 Å². The van der Waals surface area contributed by atoms with Gasteiger partial charge in [-0.3, -0.25) is 0 Å². The van der Waals surface area contributed by atoms with Crippen LogP contribution in [-0.4, -0.2) is 28.0 Å². The van der Waals surface area contributed by atoms with E-state index in [1.165, 1.54) is 18.5 Å². The highest BCUT2D eigenvalue weighted by Crippen LogP contribution is 2.39. The van der Waals surface area contributed by atoms with Gasteiger partial charge < -0.3 is 14.8 Å². The summed E-state index contributed by atoms with van der Waals surface area (Å²) in [6.45, 7) is -0.408. The molecule has 0 spiro atoms. The first-order valence-corrected chi connectivity index (χ1v) is 9.56. The van der Waals surface area contributed by atoms with Crippen LogP contribution < -0.4 is 14.8 Å². The lowest BCUT2D eigenvalue weighted by Gasteiger charge is -2.32. The summed E-state index contributed by atoms with van der Waals surface area (Å²) in [5.74, 6) is 1.39. The fourth-order valence-electron chi connectivity index (χ4n) is 3.49. The summed E-state index contributed by atoms with van der Waals surface area (Å²) >= 11 is 6.36. The molecule has 3 aromatic rings. The van der Waals surface area contributed by atoms with Crippen molar-refractivity contribution in [2.75, 3.05) is 11.9 Å². The first kappa shape index (κ1) is 19.4. The molecule has 6 nitrogen and oxygen atoms in total. The minimum absolute atomic E-state index is 0.0538. The van der Waals surface area contributed by atoms with Gasteiger partial charge in [-0.05, 0) is 48.7 Å². The predicted molar refractivity (Wildman–Crippen MR) is 105 cm³/mol. The number of halogens is 3. The van der Waals surface area contributed by atoms with Crippen molar-refractivity contribution in [1.82, 2.24) is 14.8 Å². The summed E-state index contributed by atoms with van der Waals surface area (Å²) in [5.41, 5.74) is 1.91. The highest BCUT2D eigenvalue weighted by Gasteiger charge is 2.30. The number of anilines is 1. The molecule has 0 fully saturated rings. The number of nitrogens with one attached hydrogen (secondary N) is 1. The number of aromatic nitrogens is 3. The highest BCUT2D eigenvalue weighted by molar-refractivity contribution is 6.32. The Bertz CT molecular complexity index is 981. The van der Waals surface area contributed by atoms with Crippen molar-refractivity contribution in [3.63, 3.8) is 0 Å². The Hall–Kier alpha value is -2.87. The molecule has 0 aliphatic carbocycles. The molecule has 2 heterocycles. The van der Waals surface area contributed by atoms with Crippen LogP contribution in [0.4, 0.5) is 14.7 Å². The number of alkyl halides is 2. The van der Waals surface area contributed by atoms with E-state index in [1.807, 2.05) is 25.1 Å². The number of fused-ring (bicyclic) bond motifs is 1. The Morgan fingerprint density at radius 1 is 1.21 bits per heavy atom. The van der Waals surface area contributed by atoms with Gasteiger partial charge in [0, 0.05) is 0 Å². The van der Waals surface area contributed by atoms with Gasteiger partial charge in [-0.1, -0.05) is 29.8 Å². The maximum Gasteiger partial charge on any atom is 0.387 e. The quantitative estimate of drug-likeness (QED) is 0.602. The van der Waals surface area contributed by atoms with Crippen molar-refractivity contribution in [2.45, 2.75) is 32.0 Å². The predicted octanol–water partition coefficient (Wildman–Crippen LogP) is 5.08. The number of hydrogen-bond acceptors (Lipinski definition) is 5. The minimum atomic E-state index is -2.85. The van der Waals surface area contributed by atoms with Gasteiger partial charge in [0.25, 0.3) is 0 Å². The van der Waals surface area contributed by atoms with Gasteiger partial charge in [-0.15, -0.1) is 0 Å². The van der Waals surface area contributed by atoms with Crippen LogP contribution >= 0.6 is 11.6 Å². The fraction of sp³-hybridized carbons (Fsp3) is 0.300. The lowest BCUT2D eigenvalue weighted by molar-refractivity contribution is -0.0498. The SMILES string of the molecule is CCOc1ccc([C@H]2C[C@@H](c3ccc(OC(F)F)cc3)n3ncnc3N2)cc1Cl. The maximum absolute atomic E-state index is 12.4. The Labute approximate surface area is 171 Å². The molecule has 1 aliphatic rings. The van der Waals surface area contributed by atoms with Crippen LogP contribution in [0, 0.1) is 0 Å². The summed E-state index contributed by atoms with van der Waals surface area (Å²) in [4.78, 5) is 4.29. The fourth-order valence-corrected chi connectivity index (χ4v) is 3.74. The van der Waals surface area contributed by atoms with Crippen molar-refractivity contribution in [3.8, 4) is 11.5 Å². The molecule has 1 N–H and O–H groups in total. The van der Waals surface area contributed by atoms with Crippen LogP contribution in [0.5, 0.6) is 11.5 Å². The number of hydrogen-bond donors (Lipinski definition) is 1. The van der Waals surface area contributed by atoms with E-state index in [0.717, 1.165) is 11.1 Å². The summed E-state index contributed by atoms with van der Waals surface area (Å²) in [6, 6.07) is 12.1. The molecule has 1 aromatic heterocycles. The molecule has 4 rings (SSSR count). The van der Waals surface area contributed by atoms with E-state index in [4.69, 9.17) is 16.3 Å². The molecule has 0 amide bonds. The normalized spacial score (nSPS) is 18.2. The highest BCUT2D eigenvalue weighted by atomic mass is 35.5. The molecular formula is C20H19ClF2N4O2. The molecule has 9 heteroatoms. The molecule has 0 bridgehead atoms. The molecular weight excluding hydrogens is 402 g/mol. The zero-order valence-electron chi connectivity index (χ0n) is 15.6. The molecule has 1 aliphatic heterocycles. The van der Waals surface area contributed by atoms with Gasteiger partial charge >= 0.3 is 6.61 Å². The van der Waals surface area contributed by atoms with E-state index in [0.29, 0.717) is 29.7 Å². The van der Waals surface area contributed by atoms with Crippen LogP contribution in [0.15, 0.2) is 48.8 Å². The van der Waals surface area contributed by atoms with Gasteiger partial charge in [-0.2, -0.15) is 18.9 Å². The molecule has 0 saturated carbocycles. The van der Waals surface area contributed by atoms with Gasteiger partial charge in [0.15, 0.2) is 0 Å². The summed E-state index contributed by atoms with van der Waals surface area (Å²) in [5, 5.41) is 8.24. The number of benzene rings is 2. The first-order valence-electron chi connectivity index (χ1n) is 9.18. The van der Waals surface area contributed by atoms with Gasteiger partial charge in [0.2, 0.25) is 5.95 Å². The van der Waals surface area contributed by atoms with Crippen molar-refractivity contribution >= 4 is 17.5 Å². The van der Waals surface area contributed by atoms with Crippen LogP contribution in [0.25, 0.3) is 0 Å². The molecule has 152 valence electrons. The van der Waals surface area contributed by atoms with Gasteiger partial charge in [0.05, 0.1) is 23.7 Å². The summed E-state index contributed by atoms with van der Waals surface area (Å²) in [7, 11) is 0. The van der Waals surface area contributed by atoms with Crippen molar-refractivity contribution in [3.05, 3.63) is 64.9 Å². The second-order valence-electron chi connectivity index (χ2n) is 6.55. The second kappa shape index (κ2) is 8.24. The molecule has 2 atom stereocenters. The van der Waals surface area contributed by atoms with E-state index in [1.54, 1.807) is 16.8 Å². The Balaban J connectivity index is 1.61. The lowest BCUT2D eigenvalue weighted by Crippen LogP contribution is -2.28. The van der Waals surface area contributed by atoms with E-state index in [9.17, 15) is 8.78 Å². The maximum atomic E-state index is 12.4. The van der Waals surface area contributed by atoms with Crippen LogP contribution in [0.3, 0.4) is 0 Å². The van der Waals surface area contributed by atoms with Crippen LogP contribution in [-0.2, 0) is 0 Å². The average Bonchev–Trinajstić information content (AvgIpc) is 3.18.